The molecule has 2 saturated heterocycles. The number of hydrazine groups is 2. The van der Waals surface area contributed by atoms with Crippen molar-refractivity contribution in [3.05, 3.63) is 39.9 Å². The van der Waals surface area contributed by atoms with Crippen molar-refractivity contribution >= 4 is 65.1 Å². The molecule has 3 rings (SSSR count). The molecule has 2 atom stereocenters. The molecular weight excluding hydrogens is 513 g/mol. The normalized spacial score (nSPS) is 19.0. The van der Waals surface area contributed by atoms with Gasteiger partial charge in [-0.15, -0.1) is 0 Å². The monoisotopic (exact) mass is 537 g/mol. The Hall–Kier alpha value is -3.44. The first-order valence-corrected chi connectivity index (χ1v) is 12.0. The largest absolute Gasteiger partial charge is 0.358 e. The lowest BCUT2D eigenvalue weighted by atomic mass is 10.1. The number of fused-ring (bicyclic) bond motifs is 1. The van der Waals surface area contributed by atoms with Gasteiger partial charge in [-0.05, 0) is 43.5 Å². The van der Waals surface area contributed by atoms with Crippen LogP contribution in [0.3, 0.4) is 0 Å². The van der Waals surface area contributed by atoms with E-state index in [1.807, 2.05) is 0 Å². The molecule has 0 unspecified atom stereocenters. The van der Waals surface area contributed by atoms with Crippen molar-refractivity contribution in [1.29, 1.82) is 0 Å². The highest BCUT2D eigenvalue weighted by atomic mass is 35.5. The minimum atomic E-state index is -1.10. The SMILES string of the molecule is CC(=O)C[C@@H](C=O)NC(=O)[C@@H]1CCCN2C(=O)CCN(NC(=O)/C=C/c3ccc(Cl)c(Cl)c3)C(=O)N12. The lowest BCUT2D eigenvalue weighted by molar-refractivity contribution is -0.155. The van der Waals surface area contributed by atoms with E-state index in [4.69, 9.17) is 23.2 Å². The summed E-state index contributed by atoms with van der Waals surface area (Å²) in [5.74, 6) is -2.00. The molecule has 2 aliphatic rings. The lowest BCUT2D eigenvalue weighted by Crippen LogP contribution is -2.64. The number of Topliss-reactive ketones (excluding diaryl/α,β-unsaturated/α-hetero) is 1. The number of hydrogen-bond acceptors (Lipinski definition) is 6. The van der Waals surface area contributed by atoms with Crippen molar-refractivity contribution in [2.45, 2.75) is 44.7 Å². The van der Waals surface area contributed by atoms with Gasteiger partial charge in [-0.1, -0.05) is 29.3 Å². The maximum Gasteiger partial charge on any atom is 0.358 e. The minimum absolute atomic E-state index is 0.0747. The summed E-state index contributed by atoms with van der Waals surface area (Å²) < 4.78 is 0. The summed E-state index contributed by atoms with van der Waals surface area (Å²) in [7, 11) is 0. The quantitative estimate of drug-likeness (QED) is 0.382. The van der Waals surface area contributed by atoms with Crippen LogP contribution >= 0.6 is 23.2 Å². The maximum absolute atomic E-state index is 13.3. The Balaban J connectivity index is 1.75. The number of carbonyl (C=O) groups is 6. The lowest BCUT2D eigenvalue weighted by Gasteiger charge is -2.42. The van der Waals surface area contributed by atoms with Crippen molar-refractivity contribution in [1.82, 2.24) is 25.8 Å². The highest BCUT2D eigenvalue weighted by molar-refractivity contribution is 6.42. The average Bonchev–Trinajstić information content (AvgIpc) is 2.96. The molecule has 11 nitrogen and oxygen atoms in total. The summed E-state index contributed by atoms with van der Waals surface area (Å²) in [6.07, 6.45) is 3.52. The molecule has 2 N–H and O–H groups in total. The Morgan fingerprint density at radius 1 is 1.17 bits per heavy atom. The second-order valence-electron chi connectivity index (χ2n) is 8.34. The van der Waals surface area contributed by atoms with E-state index in [9.17, 15) is 28.8 Å². The fourth-order valence-corrected chi connectivity index (χ4v) is 4.20. The molecule has 0 radical (unpaired) electrons. The van der Waals surface area contributed by atoms with E-state index in [0.29, 0.717) is 28.3 Å². The standard InChI is InChI=1S/C23H25Cl2N5O6/c1-14(32)11-16(13-31)26-22(35)19-3-2-9-29-21(34)8-10-28(23(36)30(19)29)27-20(33)7-5-15-4-6-17(24)18(25)12-15/h4-7,12-13,16,19H,2-3,8-11H2,1H3,(H,26,35)(H,27,33)/b7-5+/t16-,19-/m0/s1. The number of rotatable bonds is 8. The Bertz CT molecular complexity index is 1110. The second kappa shape index (κ2) is 12.0. The molecule has 0 spiro atoms. The van der Waals surface area contributed by atoms with Crippen LogP contribution in [0.5, 0.6) is 0 Å². The van der Waals surface area contributed by atoms with E-state index < -0.39 is 29.9 Å². The van der Waals surface area contributed by atoms with Gasteiger partial charge in [0.25, 0.3) is 5.91 Å². The van der Waals surface area contributed by atoms with Crippen LogP contribution in [0.1, 0.15) is 38.2 Å². The summed E-state index contributed by atoms with van der Waals surface area (Å²) in [5.41, 5.74) is 3.04. The van der Waals surface area contributed by atoms with Crippen molar-refractivity contribution in [3.63, 3.8) is 0 Å². The highest BCUT2D eigenvalue weighted by Gasteiger charge is 2.44. The average molecular weight is 538 g/mol. The van der Waals surface area contributed by atoms with Gasteiger partial charge >= 0.3 is 6.03 Å². The van der Waals surface area contributed by atoms with Crippen molar-refractivity contribution in [2.75, 3.05) is 13.1 Å². The van der Waals surface area contributed by atoms with Crippen LogP contribution in [0.4, 0.5) is 4.79 Å². The van der Waals surface area contributed by atoms with E-state index in [1.165, 1.54) is 24.1 Å². The molecule has 0 saturated carbocycles. The maximum atomic E-state index is 13.3. The number of nitrogens with one attached hydrogen (secondary N) is 2. The highest BCUT2D eigenvalue weighted by Crippen LogP contribution is 2.24. The predicted octanol–water partition coefficient (Wildman–Crippen LogP) is 1.73. The fourth-order valence-electron chi connectivity index (χ4n) is 3.90. The molecule has 1 aromatic rings. The Labute approximate surface area is 217 Å². The molecule has 2 aliphatic heterocycles. The second-order valence-corrected chi connectivity index (χ2v) is 9.16. The molecule has 1 aromatic carbocycles. The van der Waals surface area contributed by atoms with Gasteiger partial charge in [-0.3, -0.25) is 24.6 Å². The number of hydrogen-bond donors (Lipinski definition) is 2. The third kappa shape index (κ3) is 6.61. The number of amides is 5. The van der Waals surface area contributed by atoms with E-state index in [0.717, 1.165) is 10.0 Å². The van der Waals surface area contributed by atoms with Gasteiger partial charge in [0, 0.05) is 25.5 Å². The molecular formula is C23H25Cl2N5O6. The predicted molar refractivity (Wildman–Crippen MR) is 130 cm³/mol. The summed E-state index contributed by atoms with van der Waals surface area (Å²) in [4.78, 5) is 74.2. The van der Waals surface area contributed by atoms with Gasteiger partial charge in [0.1, 0.15) is 18.1 Å². The summed E-state index contributed by atoms with van der Waals surface area (Å²) >= 11 is 11.9. The van der Waals surface area contributed by atoms with Crippen LogP contribution in [0.15, 0.2) is 24.3 Å². The van der Waals surface area contributed by atoms with Gasteiger partial charge in [-0.25, -0.2) is 19.8 Å². The van der Waals surface area contributed by atoms with Crippen molar-refractivity contribution < 1.29 is 28.8 Å². The first kappa shape index (κ1) is 27.2. The van der Waals surface area contributed by atoms with Crippen LogP contribution < -0.4 is 10.7 Å². The number of urea groups is 1. The Kier molecular flexibility index (Phi) is 9.05. The van der Waals surface area contributed by atoms with Crippen molar-refractivity contribution in [2.24, 2.45) is 0 Å². The molecule has 0 aromatic heterocycles. The van der Waals surface area contributed by atoms with Crippen LogP contribution in [-0.4, -0.2) is 76.0 Å². The third-order valence-electron chi connectivity index (χ3n) is 5.58. The van der Waals surface area contributed by atoms with Crippen LogP contribution in [0.2, 0.25) is 10.0 Å². The third-order valence-corrected chi connectivity index (χ3v) is 6.32. The number of carbonyl (C=O) groups excluding carboxylic acids is 6. The Morgan fingerprint density at radius 2 is 1.92 bits per heavy atom. The van der Waals surface area contributed by atoms with E-state index in [1.54, 1.807) is 18.2 Å². The van der Waals surface area contributed by atoms with E-state index >= 15 is 0 Å². The molecule has 0 bridgehead atoms. The molecule has 2 heterocycles. The molecule has 0 aliphatic carbocycles. The van der Waals surface area contributed by atoms with Gasteiger partial charge in [-0.2, -0.15) is 0 Å². The van der Waals surface area contributed by atoms with Gasteiger partial charge in [0.2, 0.25) is 11.8 Å². The van der Waals surface area contributed by atoms with Gasteiger partial charge in [0.15, 0.2) is 0 Å². The molecule has 192 valence electrons. The van der Waals surface area contributed by atoms with Crippen LogP contribution in [-0.2, 0) is 24.0 Å². The zero-order chi connectivity index (χ0) is 26.4. The van der Waals surface area contributed by atoms with E-state index in [2.05, 4.69) is 10.7 Å². The van der Waals surface area contributed by atoms with Gasteiger partial charge in [0.05, 0.1) is 22.6 Å². The first-order valence-electron chi connectivity index (χ1n) is 11.2. The summed E-state index contributed by atoms with van der Waals surface area (Å²) in [5, 5.41) is 6.31. The van der Waals surface area contributed by atoms with Crippen molar-refractivity contribution in [3.8, 4) is 0 Å². The zero-order valence-electron chi connectivity index (χ0n) is 19.4. The minimum Gasteiger partial charge on any atom is -0.344 e. The van der Waals surface area contributed by atoms with E-state index in [-0.39, 0.29) is 44.0 Å². The molecule has 2 fully saturated rings. The molecule has 5 amide bonds. The smallest absolute Gasteiger partial charge is 0.344 e. The zero-order valence-corrected chi connectivity index (χ0v) is 20.9. The summed E-state index contributed by atoms with van der Waals surface area (Å²) in [6, 6.07) is 1.87. The number of halogens is 2. The molecule has 13 heteroatoms. The number of ketones is 1. The Morgan fingerprint density at radius 3 is 2.58 bits per heavy atom. The molecule has 36 heavy (non-hydrogen) atoms. The number of benzene rings is 1. The number of nitrogens with zero attached hydrogens (tertiary/aromatic N) is 3. The topological polar surface area (TPSA) is 136 Å². The first-order chi connectivity index (χ1) is 17.1. The fraction of sp³-hybridized carbons (Fsp3) is 0.391. The van der Waals surface area contributed by atoms with Crippen LogP contribution in [0.25, 0.3) is 6.08 Å². The van der Waals surface area contributed by atoms with Crippen LogP contribution in [0, 0.1) is 0 Å². The number of aldehydes is 1. The summed E-state index contributed by atoms with van der Waals surface area (Å²) in [6.45, 7) is 1.41. The van der Waals surface area contributed by atoms with Gasteiger partial charge < -0.3 is 10.1 Å².